The number of carboxylic acid groups (broad SMARTS) is 1. The molecule has 2 rings (SSSR count). The number of thioether (sulfide) groups is 1. The monoisotopic (exact) mass is 361 g/mol. The van der Waals surface area contributed by atoms with Gasteiger partial charge in [0.15, 0.2) is 6.10 Å². The summed E-state index contributed by atoms with van der Waals surface area (Å²) < 4.78 is 18.6. The summed E-state index contributed by atoms with van der Waals surface area (Å²) in [6, 6.07) is 3.32. The zero-order valence-electron chi connectivity index (χ0n) is 12.5. The van der Waals surface area contributed by atoms with E-state index in [2.05, 4.69) is 0 Å². The minimum atomic E-state index is -0.939. The smallest absolute Gasteiger partial charge is 0.305 e. The quantitative estimate of drug-likeness (QED) is 0.873. The Kier molecular flexibility index (Phi) is 6.12. The Morgan fingerprint density at radius 2 is 2.30 bits per heavy atom. The lowest BCUT2D eigenvalue weighted by Gasteiger charge is -2.36. The summed E-state index contributed by atoms with van der Waals surface area (Å²) >= 11 is 7.52. The minimum absolute atomic E-state index is 0.0842. The Balaban J connectivity index is 2.06. The van der Waals surface area contributed by atoms with Crippen molar-refractivity contribution >= 4 is 35.2 Å². The van der Waals surface area contributed by atoms with Crippen LogP contribution in [0, 0.1) is 5.82 Å². The Morgan fingerprint density at radius 3 is 2.96 bits per heavy atom. The van der Waals surface area contributed by atoms with Gasteiger partial charge in [0.1, 0.15) is 11.6 Å². The van der Waals surface area contributed by atoms with E-state index in [1.165, 1.54) is 12.1 Å². The number of hydrogen-bond acceptors (Lipinski definition) is 4. The van der Waals surface area contributed by atoms with Crippen LogP contribution in [0.1, 0.15) is 13.3 Å². The maximum absolute atomic E-state index is 13.0. The second-order valence-electron chi connectivity index (χ2n) is 5.19. The minimum Gasteiger partial charge on any atom is -0.481 e. The molecule has 0 radical (unpaired) electrons. The van der Waals surface area contributed by atoms with E-state index >= 15 is 0 Å². The highest BCUT2D eigenvalue weighted by Gasteiger charge is 2.32. The SMILES string of the molecule is CC(Oc1ccc(F)cc1Cl)C(=O)N1CCSCC1CC(=O)O. The van der Waals surface area contributed by atoms with E-state index in [9.17, 15) is 14.0 Å². The number of carboxylic acids is 1. The average Bonchev–Trinajstić information content (AvgIpc) is 2.49. The van der Waals surface area contributed by atoms with Crippen molar-refractivity contribution in [1.82, 2.24) is 4.90 Å². The van der Waals surface area contributed by atoms with Crippen LogP contribution in [-0.4, -0.2) is 52.1 Å². The number of ether oxygens (including phenoxy) is 1. The third-order valence-electron chi connectivity index (χ3n) is 3.47. The van der Waals surface area contributed by atoms with Gasteiger partial charge in [0, 0.05) is 18.1 Å². The third-order valence-corrected chi connectivity index (χ3v) is 4.85. The Labute approximate surface area is 142 Å². The molecule has 23 heavy (non-hydrogen) atoms. The van der Waals surface area contributed by atoms with E-state index in [1.807, 2.05) is 0 Å². The molecule has 0 spiro atoms. The summed E-state index contributed by atoms with van der Waals surface area (Å²) in [5.41, 5.74) is 0. The van der Waals surface area contributed by atoms with E-state index < -0.39 is 17.9 Å². The Bertz CT molecular complexity index is 601. The average molecular weight is 362 g/mol. The van der Waals surface area contributed by atoms with Crippen molar-refractivity contribution in [3.8, 4) is 5.75 Å². The highest BCUT2D eigenvalue weighted by molar-refractivity contribution is 7.99. The van der Waals surface area contributed by atoms with Crippen molar-refractivity contribution in [1.29, 1.82) is 0 Å². The first-order chi connectivity index (χ1) is 10.9. The van der Waals surface area contributed by atoms with Crippen molar-refractivity contribution in [2.75, 3.05) is 18.1 Å². The van der Waals surface area contributed by atoms with Gasteiger partial charge < -0.3 is 14.7 Å². The first-order valence-electron chi connectivity index (χ1n) is 7.10. The standard InChI is InChI=1S/C15H17ClFNO4S/c1-9(22-13-3-2-10(17)6-12(13)16)15(21)18-4-5-23-8-11(18)7-14(19)20/h2-3,6,9,11H,4-5,7-8H2,1H3,(H,19,20). The molecule has 1 aromatic carbocycles. The molecule has 1 aliphatic rings. The van der Waals surface area contributed by atoms with Gasteiger partial charge in [-0.25, -0.2) is 4.39 Å². The number of nitrogens with zero attached hydrogens (tertiary/aromatic N) is 1. The highest BCUT2D eigenvalue weighted by atomic mass is 35.5. The van der Waals surface area contributed by atoms with E-state index in [1.54, 1.807) is 23.6 Å². The van der Waals surface area contributed by atoms with Crippen LogP contribution in [0.3, 0.4) is 0 Å². The highest BCUT2D eigenvalue weighted by Crippen LogP contribution is 2.27. The number of carbonyl (C=O) groups is 2. The van der Waals surface area contributed by atoms with Gasteiger partial charge in [-0.1, -0.05) is 11.6 Å². The molecule has 2 atom stereocenters. The zero-order chi connectivity index (χ0) is 17.0. The van der Waals surface area contributed by atoms with Gasteiger partial charge in [0.25, 0.3) is 5.91 Å². The van der Waals surface area contributed by atoms with Crippen molar-refractivity contribution in [2.24, 2.45) is 0 Å². The van der Waals surface area contributed by atoms with Crippen LogP contribution in [0.15, 0.2) is 18.2 Å². The van der Waals surface area contributed by atoms with E-state index in [0.717, 1.165) is 11.8 Å². The number of benzene rings is 1. The fraction of sp³-hybridized carbons (Fsp3) is 0.467. The molecule has 1 amide bonds. The zero-order valence-corrected chi connectivity index (χ0v) is 14.1. The molecule has 0 bridgehead atoms. The van der Waals surface area contributed by atoms with Gasteiger partial charge in [0.05, 0.1) is 17.5 Å². The number of amides is 1. The van der Waals surface area contributed by atoms with Crippen LogP contribution >= 0.6 is 23.4 Å². The molecule has 8 heteroatoms. The molecular formula is C15H17ClFNO4S. The number of halogens is 2. The molecule has 126 valence electrons. The molecule has 0 aliphatic carbocycles. The van der Waals surface area contributed by atoms with Crippen molar-refractivity contribution < 1.29 is 23.8 Å². The molecule has 1 heterocycles. The van der Waals surface area contributed by atoms with Gasteiger partial charge in [-0.3, -0.25) is 9.59 Å². The molecule has 1 fully saturated rings. The predicted molar refractivity (Wildman–Crippen MR) is 86.6 cm³/mol. The van der Waals surface area contributed by atoms with Gasteiger partial charge in [-0.2, -0.15) is 11.8 Å². The summed E-state index contributed by atoms with van der Waals surface area (Å²) in [5.74, 6) is -0.165. The number of aliphatic carboxylic acids is 1. The first kappa shape index (κ1) is 17.9. The van der Waals surface area contributed by atoms with Crippen LogP contribution in [0.2, 0.25) is 5.02 Å². The van der Waals surface area contributed by atoms with Crippen LogP contribution in [0.4, 0.5) is 4.39 Å². The second kappa shape index (κ2) is 7.88. The maximum atomic E-state index is 13.0. The number of hydrogen-bond donors (Lipinski definition) is 1. The molecule has 0 saturated carbocycles. The van der Waals surface area contributed by atoms with Crippen LogP contribution in [0.25, 0.3) is 0 Å². The largest absolute Gasteiger partial charge is 0.481 e. The van der Waals surface area contributed by atoms with Crippen molar-refractivity contribution in [2.45, 2.75) is 25.5 Å². The summed E-state index contributed by atoms with van der Waals surface area (Å²) in [4.78, 5) is 25.0. The molecule has 2 unspecified atom stereocenters. The molecule has 0 aromatic heterocycles. The fourth-order valence-corrected chi connectivity index (χ4v) is 3.63. The second-order valence-corrected chi connectivity index (χ2v) is 6.75. The topological polar surface area (TPSA) is 66.8 Å². The van der Waals surface area contributed by atoms with E-state index in [-0.39, 0.29) is 29.1 Å². The number of rotatable bonds is 5. The maximum Gasteiger partial charge on any atom is 0.305 e. The predicted octanol–water partition coefficient (Wildman–Crippen LogP) is 2.67. The van der Waals surface area contributed by atoms with Crippen molar-refractivity contribution in [3.05, 3.63) is 29.0 Å². The molecule has 1 saturated heterocycles. The third kappa shape index (κ3) is 4.75. The summed E-state index contributed by atoms with van der Waals surface area (Å²) in [6.07, 6.45) is -0.930. The van der Waals surface area contributed by atoms with Gasteiger partial charge in [-0.15, -0.1) is 0 Å². The van der Waals surface area contributed by atoms with Crippen molar-refractivity contribution in [3.63, 3.8) is 0 Å². The molecular weight excluding hydrogens is 345 g/mol. The molecule has 1 N–H and O–H groups in total. The van der Waals surface area contributed by atoms with E-state index in [4.69, 9.17) is 21.4 Å². The van der Waals surface area contributed by atoms with Crippen LogP contribution < -0.4 is 4.74 Å². The van der Waals surface area contributed by atoms with E-state index in [0.29, 0.717) is 12.3 Å². The summed E-state index contributed by atoms with van der Waals surface area (Å²) in [5, 5.41) is 9.05. The van der Waals surface area contributed by atoms with Crippen LogP contribution in [0.5, 0.6) is 5.75 Å². The fourth-order valence-electron chi connectivity index (χ4n) is 2.36. The lowest BCUT2D eigenvalue weighted by atomic mass is 10.1. The normalized spacial score (nSPS) is 19.3. The summed E-state index contributed by atoms with van der Waals surface area (Å²) in [6.45, 7) is 2.05. The Hall–Kier alpha value is -1.47. The Morgan fingerprint density at radius 1 is 1.57 bits per heavy atom. The van der Waals surface area contributed by atoms with Gasteiger partial charge >= 0.3 is 5.97 Å². The van der Waals surface area contributed by atoms with Gasteiger partial charge in [0.2, 0.25) is 0 Å². The lowest BCUT2D eigenvalue weighted by molar-refractivity contribution is -0.143. The first-order valence-corrected chi connectivity index (χ1v) is 8.63. The van der Waals surface area contributed by atoms with Gasteiger partial charge in [-0.05, 0) is 25.1 Å². The molecule has 5 nitrogen and oxygen atoms in total. The molecule has 1 aliphatic heterocycles. The molecule has 1 aromatic rings. The number of carbonyl (C=O) groups excluding carboxylic acids is 1. The summed E-state index contributed by atoms with van der Waals surface area (Å²) in [7, 11) is 0. The van der Waals surface area contributed by atoms with Crippen LogP contribution in [-0.2, 0) is 9.59 Å². The lowest BCUT2D eigenvalue weighted by Crippen LogP contribution is -2.51.